The van der Waals surface area contributed by atoms with Crippen LogP contribution in [-0.2, 0) is 9.59 Å². The van der Waals surface area contributed by atoms with Crippen LogP contribution in [0.25, 0.3) is 0 Å². The number of hydrogen-bond donors (Lipinski definition) is 1. The summed E-state index contributed by atoms with van der Waals surface area (Å²) < 4.78 is 0. The zero-order valence-electron chi connectivity index (χ0n) is 16.6. The summed E-state index contributed by atoms with van der Waals surface area (Å²) >= 11 is 0. The summed E-state index contributed by atoms with van der Waals surface area (Å²) in [5, 5.41) is 2.90. The fourth-order valence-corrected chi connectivity index (χ4v) is 3.19. The van der Waals surface area contributed by atoms with E-state index in [9.17, 15) is 9.59 Å². The zero-order chi connectivity index (χ0) is 19.1. The van der Waals surface area contributed by atoms with Gasteiger partial charge in [0, 0.05) is 37.9 Å². The molecule has 1 N–H and O–H groups in total. The first-order chi connectivity index (χ1) is 12.4. The monoisotopic (exact) mass is 359 g/mol. The third-order valence-corrected chi connectivity index (χ3v) is 5.04. The SMILES string of the molecule is CC(=O)N(CC(=O)NCCC(C)C)c1ccc(N2CCC(C)CC2)cc1. The second-order valence-electron chi connectivity index (χ2n) is 7.82. The van der Waals surface area contributed by atoms with Gasteiger partial charge in [0.25, 0.3) is 0 Å². The van der Waals surface area contributed by atoms with Crippen molar-refractivity contribution in [3.63, 3.8) is 0 Å². The Balaban J connectivity index is 1.96. The molecule has 0 spiro atoms. The fourth-order valence-electron chi connectivity index (χ4n) is 3.19. The van der Waals surface area contributed by atoms with Gasteiger partial charge in [0.15, 0.2) is 0 Å². The summed E-state index contributed by atoms with van der Waals surface area (Å²) in [6.45, 7) is 10.9. The molecule has 0 aromatic heterocycles. The summed E-state index contributed by atoms with van der Waals surface area (Å²) in [6.07, 6.45) is 3.38. The van der Waals surface area contributed by atoms with Crippen molar-refractivity contribution < 1.29 is 9.59 Å². The third kappa shape index (κ3) is 6.04. The van der Waals surface area contributed by atoms with Crippen molar-refractivity contribution in [2.24, 2.45) is 11.8 Å². The van der Waals surface area contributed by atoms with Crippen molar-refractivity contribution in [2.75, 3.05) is 36.0 Å². The predicted octanol–water partition coefficient (Wildman–Crippen LogP) is 3.44. The number of nitrogens with one attached hydrogen (secondary N) is 1. The van der Waals surface area contributed by atoms with Gasteiger partial charge in [-0.15, -0.1) is 0 Å². The van der Waals surface area contributed by atoms with E-state index in [1.165, 1.54) is 30.4 Å². The number of carbonyl (C=O) groups is 2. The molecule has 0 bridgehead atoms. The molecule has 0 atom stereocenters. The molecule has 5 heteroatoms. The molecule has 2 rings (SSSR count). The van der Waals surface area contributed by atoms with Gasteiger partial charge in [-0.3, -0.25) is 9.59 Å². The smallest absolute Gasteiger partial charge is 0.240 e. The Hall–Kier alpha value is -2.04. The molecule has 0 unspecified atom stereocenters. The first-order valence-corrected chi connectivity index (χ1v) is 9.76. The van der Waals surface area contributed by atoms with Crippen LogP contribution in [0.5, 0.6) is 0 Å². The Bertz CT molecular complexity index is 590. The van der Waals surface area contributed by atoms with E-state index in [0.29, 0.717) is 12.5 Å². The minimum Gasteiger partial charge on any atom is -0.372 e. The molecular weight excluding hydrogens is 326 g/mol. The van der Waals surface area contributed by atoms with Crippen molar-refractivity contribution >= 4 is 23.2 Å². The molecule has 26 heavy (non-hydrogen) atoms. The molecule has 144 valence electrons. The highest BCUT2D eigenvalue weighted by Gasteiger charge is 2.18. The Morgan fingerprint density at radius 1 is 1.19 bits per heavy atom. The van der Waals surface area contributed by atoms with E-state index in [1.807, 2.05) is 12.1 Å². The Morgan fingerprint density at radius 2 is 1.81 bits per heavy atom. The average molecular weight is 360 g/mol. The first-order valence-electron chi connectivity index (χ1n) is 9.76. The lowest BCUT2D eigenvalue weighted by atomic mass is 9.99. The second-order valence-corrected chi connectivity index (χ2v) is 7.82. The quantitative estimate of drug-likeness (QED) is 0.811. The Kier molecular flexibility index (Phi) is 7.49. The fraction of sp³-hybridized carbons (Fsp3) is 0.619. The van der Waals surface area contributed by atoms with Gasteiger partial charge in [0.2, 0.25) is 11.8 Å². The van der Waals surface area contributed by atoms with E-state index in [0.717, 1.165) is 31.1 Å². The Labute approximate surface area is 157 Å². The van der Waals surface area contributed by atoms with Gasteiger partial charge in [-0.25, -0.2) is 0 Å². The number of nitrogens with zero attached hydrogens (tertiary/aromatic N) is 2. The third-order valence-electron chi connectivity index (χ3n) is 5.04. The molecule has 0 aliphatic carbocycles. The number of amides is 2. The van der Waals surface area contributed by atoms with Gasteiger partial charge in [-0.1, -0.05) is 20.8 Å². The molecule has 1 heterocycles. The van der Waals surface area contributed by atoms with Crippen LogP contribution in [0.4, 0.5) is 11.4 Å². The van der Waals surface area contributed by atoms with Crippen LogP contribution in [0, 0.1) is 11.8 Å². The second kappa shape index (κ2) is 9.60. The zero-order valence-corrected chi connectivity index (χ0v) is 16.6. The van der Waals surface area contributed by atoms with E-state index >= 15 is 0 Å². The van der Waals surface area contributed by atoms with Gasteiger partial charge in [-0.2, -0.15) is 0 Å². The number of rotatable bonds is 7. The van der Waals surface area contributed by atoms with Crippen LogP contribution in [0.15, 0.2) is 24.3 Å². The molecule has 1 aliphatic heterocycles. The van der Waals surface area contributed by atoms with Gasteiger partial charge in [0.05, 0.1) is 0 Å². The molecule has 2 amide bonds. The molecule has 5 nitrogen and oxygen atoms in total. The van der Waals surface area contributed by atoms with Crippen LogP contribution in [-0.4, -0.2) is 38.0 Å². The van der Waals surface area contributed by atoms with Gasteiger partial charge < -0.3 is 15.1 Å². The summed E-state index contributed by atoms with van der Waals surface area (Å²) in [4.78, 5) is 28.1. The molecule has 1 aromatic carbocycles. The molecule has 1 fully saturated rings. The number of benzene rings is 1. The molecule has 0 radical (unpaired) electrons. The standard InChI is InChI=1S/C21H33N3O2/c1-16(2)9-12-22-21(26)15-24(18(4)25)20-7-5-19(6-8-20)23-13-10-17(3)11-14-23/h5-8,16-17H,9-15H2,1-4H3,(H,22,26). The minimum atomic E-state index is -0.122. The largest absolute Gasteiger partial charge is 0.372 e. The predicted molar refractivity (Wildman–Crippen MR) is 108 cm³/mol. The maximum Gasteiger partial charge on any atom is 0.240 e. The van der Waals surface area contributed by atoms with Crippen molar-refractivity contribution in [2.45, 2.75) is 47.0 Å². The van der Waals surface area contributed by atoms with Crippen LogP contribution in [0.2, 0.25) is 0 Å². The van der Waals surface area contributed by atoms with Crippen LogP contribution in [0.3, 0.4) is 0 Å². The van der Waals surface area contributed by atoms with Crippen molar-refractivity contribution in [3.8, 4) is 0 Å². The summed E-state index contributed by atoms with van der Waals surface area (Å²) in [7, 11) is 0. The van der Waals surface area contributed by atoms with Crippen molar-refractivity contribution in [3.05, 3.63) is 24.3 Å². The molecular formula is C21H33N3O2. The lowest BCUT2D eigenvalue weighted by molar-refractivity contribution is -0.123. The van der Waals surface area contributed by atoms with E-state index < -0.39 is 0 Å². The summed E-state index contributed by atoms with van der Waals surface area (Å²) in [6, 6.07) is 7.99. The number of carbonyl (C=O) groups excluding carboxylic acids is 2. The number of piperidine rings is 1. The topological polar surface area (TPSA) is 52.7 Å². The van der Waals surface area contributed by atoms with Gasteiger partial charge >= 0.3 is 0 Å². The van der Waals surface area contributed by atoms with Crippen molar-refractivity contribution in [1.82, 2.24) is 5.32 Å². The van der Waals surface area contributed by atoms with Crippen LogP contribution in [0.1, 0.15) is 47.0 Å². The van der Waals surface area contributed by atoms with E-state index in [-0.39, 0.29) is 18.4 Å². The maximum absolute atomic E-state index is 12.1. The highest BCUT2D eigenvalue weighted by Crippen LogP contribution is 2.25. The van der Waals surface area contributed by atoms with Crippen molar-refractivity contribution in [1.29, 1.82) is 0 Å². The lowest BCUT2D eigenvalue weighted by Gasteiger charge is -2.32. The highest BCUT2D eigenvalue weighted by atomic mass is 16.2. The van der Waals surface area contributed by atoms with E-state index in [4.69, 9.17) is 0 Å². The molecule has 1 saturated heterocycles. The lowest BCUT2D eigenvalue weighted by Crippen LogP contribution is -2.40. The Morgan fingerprint density at radius 3 is 2.35 bits per heavy atom. The average Bonchev–Trinajstić information content (AvgIpc) is 2.60. The maximum atomic E-state index is 12.1. The normalized spacial score (nSPS) is 15.2. The number of anilines is 2. The summed E-state index contributed by atoms with van der Waals surface area (Å²) in [5.74, 6) is 1.11. The van der Waals surface area contributed by atoms with E-state index in [2.05, 4.69) is 43.1 Å². The van der Waals surface area contributed by atoms with Gasteiger partial charge in [-0.05, 0) is 55.4 Å². The summed E-state index contributed by atoms with van der Waals surface area (Å²) in [5.41, 5.74) is 1.95. The van der Waals surface area contributed by atoms with E-state index in [1.54, 1.807) is 0 Å². The van der Waals surface area contributed by atoms with Crippen LogP contribution < -0.4 is 15.1 Å². The van der Waals surface area contributed by atoms with Crippen LogP contribution >= 0.6 is 0 Å². The van der Waals surface area contributed by atoms with Gasteiger partial charge in [0.1, 0.15) is 6.54 Å². The molecule has 1 aliphatic rings. The first kappa shape index (κ1) is 20.3. The molecule has 1 aromatic rings. The number of hydrogen-bond acceptors (Lipinski definition) is 3. The molecule has 0 saturated carbocycles. The highest BCUT2D eigenvalue weighted by molar-refractivity contribution is 5.97. The minimum absolute atomic E-state index is 0.0635.